The number of piperidine rings is 1. The number of nitrogens with zero attached hydrogens (tertiary/aromatic N) is 1. The normalized spacial score (nSPS) is 23.6. The van der Waals surface area contributed by atoms with Gasteiger partial charge in [-0.25, -0.2) is 0 Å². The van der Waals surface area contributed by atoms with Gasteiger partial charge in [-0.2, -0.15) is 0 Å². The van der Waals surface area contributed by atoms with Crippen LogP contribution in [0, 0.1) is 5.92 Å². The second-order valence-electron chi connectivity index (χ2n) is 6.38. The molecule has 1 saturated heterocycles. The average Bonchev–Trinajstić information content (AvgIpc) is 2.59. The van der Waals surface area contributed by atoms with E-state index in [4.69, 9.17) is 15.2 Å². The van der Waals surface area contributed by atoms with E-state index in [0.29, 0.717) is 24.6 Å². The molecule has 1 amide bonds. The number of carbonyl (C=O) groups excluding carboxylic acids is 1. The maximum atomic E-state index is 12.9. The lowest BCUT2D eigenvalue weighted by Gasteiger charge is -2.38. The number of hydrogen-bond donors (Lipinski definition) is 1. The Morgan fingerprint density at radius 1 is 1.48 bits per heavy atom. The van der Waals surface area contributed by atoms with E-state index in [1.165, 1.54) is 0 Å². The third-order valence-electron chi connectivity index (χ3n) is 4.72. The number of benzene rings is 1. The Morgan fingerprint density at radius 3 is 3.04 bits per heavy atom. The molecule has 2 N–H and O–H groups in total. The summed E-state index contributed by atoms with van der Waals surface area (Å²) < 4.78 is 11.0. The van der Waals surface area contributed by atoms with Crippen LogP contribution in [0.25, 0.3) is 6.08 Å². The second-order valence-corrected chi connectivity index (χ2v) is 6.38. The van der Waals surface area contributed by atoms with Crippen molar-refractivity contribution in [2.75, 3.05) is 26.8 Å². The molecule has 3 rings (SSSR count). The van der Waals surface area contributed by atoms with Gasteiger partial charge in [-0.3, -0.25) is 4.79 Å². The quantitative estimate of drug-likeness (QED) is 0.927. The summed E-state index contributed by atoms with van der Waals surface area (Å²) in [6, 6.07) is 5.74. The smallest absolute Gasteiger partial charge is 0.253 e. The van der Waals surface area contributed by atoms with Crippen LogP contribution in [0.4, 0.5) is 0 Å². The lowest BCUT2D eigenvalue weighted by Crippen LogP contribution is -2.50. The van der Waals surface area contributed by atoms with Gasteiger partial charge in [-0.1, -0.05) is 6.92 Å². The van der Waals surface area contributed by atoms with Crippen LogP contribution in [0.15, 0.2) is 23.8 Å². The van der Waals surface area contributed by atoms with Crippen molar-refractivity contribution >= 4 is 12.0 Å². The third-order valence-corrected chi connectivity index (χ3v) is 4.72. The Balaban J connectivity index is 1.83. The summed E-state index contributed by atoms with van der Waals surface area (Å²) in [6.45, 7) is 3.80. The van der Waals surface area contributed by atoms with E-state index in [2.05, 4.69) is 6.92 Å². The van der Waals surface area contributed by atoms with Crippen molar-refractivity contribution in [3.05, 3.63) is 29.3 Å². The predicted molar refractivity (Wildman–Crippen MR) is 89.4 cm³/mol. The zero-order chi connectivity index (χ0) is 16.4. The zero-order valence-corrected chi connectivity index (χ0v) is 13.7. The van der Waals surface area contributed by atoms with Crippen molar-refractivity contribution in [2.45, 2.75) is 25.8 Å². The van der Waals surface area contributed by atoms with Crippen molar-refractivity contribution in [1.82, 2.24) is 4.90 Å². The fourth-order valence-electron chi connectivity index (χ4n) is 3.33. The van der Waals surface area contributed by atoms with E-state index < -0.39 is 0 Å². The molecular weight excluding hydrogens is 292 g/mol. The van der Waals surface area contributed by atoms with Gasteiger partial charge in [0, 0.05) is 24.7 Å². The van der Waals surface area contributed by atoms with Crippen LogP contribution in [0.2, 0.25) is 0 Å². The molecule has 1 aromatic rings. The molecule has 2 unspecified atom stereocenters. The number of fused-ring (bicyclic) bond motifs is 1. The van der Waals surface area contributed by atoms with Crippen LogP contribution >= 0.6 is 0 Å². The molecule has 2 aliphatic rings. The summed E-state index contributed by atoms with van der Waals surface area (Å²) >= 11 is 0. The molecule has 2 aliphatic heterocycles. The first-order valence-electron chi connectivity index (χ1n) is 8.14. The standard InChI is InChI=1S/C18H24N2O3/c1-12-5-6-20(15(7-12)10-19)18(21)14-8-13-9-16(22-2)3-4-17(13)23-11-14/h3-4,8-9,12,15H,5-7,10-11,19H2,1-2H3. The molecule has 0 radical (unpaired) electrons. The van der Waals surface area contributed by atoms with E-state index >= 15 is 0 Å². The molecule has 124 valence electrons. The molecule has 0 aliphatic carbocycles. The van der Waals surface area contributed by atoms with Crippen LogP contribution in [-0.2, 0) is 4.79 Å². The van der Waals surface area contributed by atoms with Crippen LogP contribution in [0.1, 0.15) is 25.3 Å². The highest BCUT2D eigenvalue weighted by atomic mass is 16.5. The largest absolute Gasteiger partial charge is 0.497 e. The van der Waals surface area contributed by atoms with Gasteiger partial charge in [0.25, 0.3) is 5.91 Å². The molecular formula is C18H24N2O3. The highest BCUT2D eigenvalue weighted by molar-refractivity contribution is 5.99. The minimum Gasteiger partial charge on any atom is -0.497 e. The van der Waals surface area contributed by atoms with Crippen LogP contribution in [0.5, 0.6) is 11.5 Å². The first-order valence-corrected chi connectivity index (χ1v) is 8.14. The summed E-state index contributed by atoms with van der Waals surface area (Å²) in [5.41, 5.74) is 7.44. The first kappa shape index (κ1) is 15.9. The minimum atomic E-state index is 0.0424. The Morgan fingerprint density at radius 2 is 2.30 bits per heavy atom. The van der Waals surface area contributed by atoms with Crippen molar-refractivity contribution in [1.29, 1.82) is 0 Å². The molecule has 1 aromatic carbocycles. The molecule has 2 heterocycles. The number of ether oxygens (including phenoxy) is 2. The number of carbonyl (C=O) groups is 1. The molecule has 1 fully saturated rings. The highest BCUT2D eigenvalue weighted by Gasteiger charge is 2.31. The molecule has 23 heavy (non-hydrogen) atoms. The molecule has 5 nitrogen and oxygen atoms in total. The monoisotopic (exact) mass is 316 g/mol. The van der Waals surface area contributed by atoms with Crippen molar-refractivity contribution in [3.63, 3.8) is 0 Å². The van der Waals surface area contributed by atoms with Gasteiger partial charge < -0.3 is 20.1 Å². The summed E-state index contributed by atoms with van der Waals surface area (Å²) in [7, 11) is 1.63. The fraction of sp³-hybridized carbons (Fsp3) is 0.500. The zero-order valence-electron chi connectivity index (χ0n) is 13.7. The Kier molecular flexibility index (Phi) is 4.57. The lowest BCUT2D eigenvalue weighted by atomic mass is 9.91. The van der Waals surface area contributed by atoms with Crippen LogP contribution in [0.3, 0.4) is 0 Å². The lowest BCUT2D eigenvalue weighted by molar-refractivity contribution is -0.131. The van der Waals surface area contributed by atoms with Gasteiger partial charge in [-0.15, -0.1) is 0 Å². The van der Waals surface area contributed by atoms with Gasteiger partial charge >= 0.3 is 0 Å². The van der Waals surface area contributed by atoms with Crippen LogP contribution < -0.4 is 15.2 Å². The Bertz CT molecular complexity index is 627. The van der Waals surface area contributed by atoms with Crippen molar-refractivity contribution in [3.8, 4) is 11.5 Å². The van der Waals surface area contributed by atoms with E-state index in [1.54, 1.807) is 7.11 Å². The number of likely N-dealkylation sites (tertiary alicyclic amines) is 1. The van der Waals surface area contributed by atoms with Gasteiger partial charge in [0.05, 0.1) is 12.7 Å². The van der Waals surface area contributed by atoms with Crippen molar-refractivity contribution < 1.29 is 14.3 Å². The number of amides is 1. The van der Waals surface area contributed by atoms with Gasteiger partial charge in [0.1, 0.15) is 18.1 Å². The Labute approximate surface area is 137 Å². The fourth-order valence-corrected chi connectivity index (χ4v) is 3.33. The maximum Gasteiger partial charge on any atom is 0.253 e. The van der Waals surface area contributed by atoms with E-state index in [0.717, 1.165) is 36.4 Å². The number of nitrogens with two attached hydrogens (primary N) is 1. The number of methoxy groups -OCH3 is 1. The molecule has 0 bridgehead atoms. The maximum absolute atomic E-state index is 12.9. The summed E-state index contributed by atoms with van der Waals surface area (Å²) in [5.74, 6) is 2.20. The van der Waals surface area contributed by atoms with E-state index in [9.17, 15) is 4.79 Å². The Hall–Kier alpha value is -2.01. The second kappa shape index (κ2) is 6.62. The average molecular weight is 316 g/mol. The van der Waals surface area contributed by atoms with Gasteiger partial charge in [0.2, 0.25) is 0 Å². The summed E-state index contributed by atoms with van der Waals surface area (Å²) in [5, 5.41) is 0. The molecule has 0 aromatic heterocycles. The van der Waals surface area contributed by atoms with Crippen molar-refractivity contribution in [2.24, 2.45) is 11.7 Å². The van der Waals surface area contributed by atoms with E-state index in [-0.39, 0.29) is 11.9 Å². The first-order chi connectivity index (χ1) is 11.1. The molecule has 2 atom stereocenters. The van der Waals surface area contributed by atoms with Gasteiger partial charge in [0.15, 0.2) is 0 Å². The molecule has 5 heteroatoms. The summed E-state index contributed by atoms with van der Waals surface area (Å²) in [6.07, 6.45) is 3.91. The molecule has 0 saturated carbocycles. The number of hydrogen-bond acceptors (Lipinski definition) is 4. The molecule has 0 spiro atoms. The predicted octanol–water partition coefficient (Wildman–Crippen LogP) is 2.06. The third kappa shape index (κ3) is 3.20. The summed E-state index contributed by atoms with van der Waals surface area (Å²) in [4.78, 5) is 14.8. The number of rotatable bonds is 3. The van der Waals surface area contributed by atoms with Crippen LogP contribution in [-0.4, -0.2) is 43.7 Å². The highest BCUT2D eigenvalue weighted by Crippen LogP contribution is 2.31. The van der Waals surface area contributed by atoms with E-state index in [1.807, 2.05) is 29.2 Å². The minimum absolute atomic E-state index is 0.0424. The topological polar surface area (TPSA) is 64.8 Å². The van der Waals surface area contributed by atoms with Gasteiger partial charge in [-0.05, 0) is 43.0 Å². The SMILES string of the molecule is COc1ccc2c(c1)C=C(C(=O)N1CCC(C)CC1CN)CO2.